The molecule has 0 atom stereocenters. The number of carbonyl (C=O) groups is 1. The number of aromatic nitrogens is 4. The van der Waals surface area contributed by atoms with Crippen LogP contribution in [0.5, 0.6) is 0 Å². The molecule has 0 aliphatic rings. The number of nitrogens with zero attached hydrogens (tertiary/aromatic N) is 5. The fraction of sp³-hybridized carbons (Fsp3) is 0.462. The first-order valence-electron chi connectivity index (χ1n) is 6.45. The Morgan fingerprint density at radius 3 is 2.70 bits per heavy atom. The molecule has 0 radical (unpaired) electrons. The number of hydrogen-bond donors (Lipinski definition) is 0. The van der Waals surface area contributed by atoms with Crippen molar-refractivity contribution >= 4 is 17.5 Å². The minimum Gasteiger partial charge on any atom is -0.338 e. The number of hydrogen-bond acceptors (Lipinski definition) is 3. The molecule has 0 saturated heterocycles. The summed E-state index contributed by atoms with van der Waals surface area (Å²) in [6, 6.07) is 1.92. The van der Waals surface area contributed by atoms with Gasteiger partial charge in [0.1, 0.15) is 6.54 Å². The van der Waals surface area contributed by atoms with E-state index in [1.807, 2.05) is 30.8 Å². The fourth-order valence-corrected chi connectivity index (χ4v) is 1.98. The van der Waals surface area contributed by atoms with Gasteiger partial charge in [0.15, 0.2) is 0 Å². The molecule has 2 rings (SSSR count). The smallest absolute Gasteiger partial charge is 0.244 e. The maximum absolute atomic E-state index is 12.1. The van der Waals surface area contributed by atoms with Crippen LogP contribution in [0.1, 0.15) is 18.3 Å². The second kappa shape index (κ2) is 6.09. The van der Waals surface area contributed by atoms with Gasteiger partial charge in [-0.25, -0.2) is 0 Å². The zero-order valence-electron chi connectivity index (χ0n) is 11.9. The molecular formula is C13H18ClN5O. The van der Waals surface area contributed by atoms with Gasteiger partial charge in [0.05, 0.1) is 23.0 Å². The van der Waals surface area contributed by atoms with Crippen molar-refractivity contribution in [1.29, 1.82) is 0 Å². The molecule has 0 aliphatic carbocycles. The second-order valence-corrected chi connectivity index (χ2v) is 5.08. The molecule has 1 amide bonds. The van der Waals surface area contributed by atoms with Gasteiger partial charge in [-0.3, -0.25) is 14.2 Å². The Labute approximate surface area is 122 Å². The monoisotopic (exact) mass is 295 g/mol. The van der Waals surface area contributed by atoms with Crippen LogP contribution in [0.25, 0.3) is 0 Å². The molecule has 0 aliphatic heterocycles. The third-order valence-electron chi connectivity index (χ3n) is 3.03. The van der Waals surface area contributed by atoms with Crippen molar-refractivity contribution in [1.82, 2.24) is 24.5 Å². The Hall–Kier alpha value is -1.82. The summed E-state index contributed by atoms with van der Waals surface area (Å²) < 4.78 is 3.39. The molecule has 2 heterocycles. The van der Waals surface area contributed by atoms with Gasteiger partial charge in [0.2, 0.25) is 5.91 Å². The SMILES string of the molecule is CCn1ccc(CN(C)C(=O)Cn2cc(Cl)c(C)n2)n1. The Balaban J connectivity index is 1.94. The molecule has 0 aromatic carbocycles. The normalized spacial score (nSPS) is 10.8. The summed E-state index contributed by atoms with van der Waals surface area (Å²) in [6.07, 6.45) is 3.57. The Bertz CT molecular complexity index is 584. The number of carbonyl (C=O) groups excluding carboxylic acids is 1. The van der Waals surface area contributed by atoms with Crippen LogP contribution < -0.4 is 0 Å². The van der Waals surface area contributed by atoms with Gasteiger partial charge in [-0.15, -0.1) is 0 Å². The molecule has 6 nitrogen and oxygen atoms in total. The zero-order valence-corrected chi connectivity index (χ0v) is 12.6. The van der Waals surface area contributed by atoms with E-state index < -0.39 is 0 Å². The van der Waals surface area contributed by atoms with E-state index in [-0.39, 0.29) is 12.5 Å². The van der Waals surface area contributed by atoms with E-state index in [0.717, 1.165) is 17.9 Å². The van der Waals surface area contributed by atoms with Crippen LogP contribution >= 0.6 is 11.6 Å². The standard InChI is InChI=1S/C13H18ClN5O/c1-4-18-6-5-11(16-18)7-17(3)13(20)9-19-8-12(14)10(2)15-19/h5-6,8H,4,7,9H2,1-3H3. The van der Waals surface area contributed by atoms with E-state index >= 15 is 0 Å². The highest BCUT2D eigenvalue weighted by Gasteiger charge is 2.13. The fourth-order valence-electron chi connectivity index (χ4n) is 1.83. The van der Waals surface area contributed by atoms with Gasteiger partial charge in [-0.2, -0.15) is 10.2 Å². The lowest BCUT2D eigenvalue weighted by Gasteiger charge is -2.15. The highest BCUT2D eigenvalue weighted by molar-refractivity contribution is 6.31. The number of rotatable bonds is 5. The van der Waals surface area contributed by atoms with Gasteiger partial charge in [-0.05, 0) is 19.9 Å². The van der Waals surface area contributed by atoms with E-state index in [0.29, 0.717) is 11.6 Å². The number of aryl methyl sites for hydroxylation is 2. The van der Waals surface area contributed by atoms with Crippen LogP contribution in [0.2, 0.25) is 5.02 Å². The Morgan fingerprint density at radius 1 is 1.40 bits per heavy atom. The maximum atomic E-state index is 12.1. The van der Waals surface area contributed by atoms with Crippen molar-refractivity contribution in [3.63, 3.8) is 0 Å². The van der Waals surface area contributed by atoms with Crippen molar-refractivity contribution in [2.75, 3.05) is 7.05 Å². The van der Waals surface area contributed by atoms with Crippen LogP contribution in [0.4, 0.5) is 0 Å². The minimum atomic E-state index is -0.0322. The molecule has 0 spiro atoms. The predicted molar refractivity (Wildman–Crippen MR) is 76.3 cm³/mol. The van der Waals surface area contributed by atoms with Crippen molar-refractivity contribution in [3.8, 4) is 0 Å². The van der Waals surface area contributed by atoms with Gasteiger partial charge in [0.25, 0.3) is 0 Å². The minimum absolute atomic E-state index is 0.0322. The van der Waals surface area contributed by atoms with Gasteiger partial charge in [0, 0.05) is 26.0 Å². The summed E-state index contributed by atoms with van der Waals surface area (Å²) in [5.41, 5.74) is 1.60. The molecule has 2 aromatic heterocycles. The first kappa shape index (κ1) is 14.6. The van der Waals surface area contributed by atoms with Crippen molar-refractivity contribution in [2.24, 2.45) is 0 Å². The van der Waals surface area contributed by atoms with E-state index in [1.165, 1.54) is 0 Å². The van der Waals surface area contributed by atoms with Gasteiger partial charge in [-0.1, -0.05) is 11.6 Å². The number of halogens is 1. The molecule has 20 heavy (non-hydrogen) atoms. The first-order chi connectivity index (χ1) is 9.49. The van der Waals surface area contributed by atoms with E-state index in [9.17, 15) is 4.79 Å². The molecule has 0 unspecified atom stereocenters. The van der Waals surface area contributed by atoms with Gasteiger partial charge < -0.3 is 4.90 Å². The first-order valence-corrected chi connectivity index (χ1v) is 6.83. The summed E-state index contributed by atoms with van der Waals surface area (Å²) in [6.45, 7) is 5.32. The largest absolute Gasteiger partial charge is 0.338 e. The molecule has 0 fully saturated rings. The molecular weight excluding hydrogens is 278 g/mol. The van der Waals surface area contributed by atoms with Crippen LogP contribution in [0.15, 0.2) is 18.5 Å². The third-order valence-corrected chi connectivity index (χ3v) is 3.40. The highest BCUT2D eigenvalue weighted by atomic mass is 35.5. The molecule has 7 heteroatoms. The van der Waals surface area contributed by atoms with Crippen molar-refractivity contribution < 1.29 is 4.79 Å². The Morgan fingerprint density at radius 2 is 2.15 bits per heavy atom. The number of likely N-dealkylation sites (N-methyl/N-ethyl adjacent to an activating group) is 1. The van der Waals surface area contributed by atoms with Crippen molar-refractivity contribution in [2.45, 2.75) is 33.5 Å². The predicted octanol–water partition coefficient (Wildman–Crippen LogP) is 1.72. The summed E-state index contributed by atoms with van der Waals surface area (Å²) in [5.74, 6) is -0.0322. The highest BCUT2D eigenvalue weighted by Crippen LogP contribution is 2.12. The summed E-state index contributed by atoms with van der Waals surface area (Å²) in [7, 11) is 1.76. The average Bonchev–Trinajstić information content (AvgIpc) is 2.97. The number of amides is 1. The zero-order chi connectivity index (χ0) is 14.7. The molecule has 0 bridgehead atoms. The quantitative estimate of drug-likeness (QED) is 0.844. The van der Waals surface area contributed by atoms with E-state index in [2.05, 4.69) is 10.2 Å². The van der Waals surface area contributed by atoms with Crippen molar-refractivity contribution in [3.05, 3.63) is 34.9 Å². The van der Waals surface area contributed by atoms with Crippen LogP contribution in [0, 0.1) is 6.92 Å². The van der Waals surface area contributed by atoms with E-state index in [4.69, 9.17) is 11.6 Å². The second-order valence-electron chi connectivity index (χ2n) is 4.67. The van der Waals surface area contributed by atoms with Crippen LogP contribution in [-0.2, 0) is 24.4 Å². The molecule has 2 aromatic rings. The summed E-state index contributed by atoms with van der Waals surface area (Å²) in [4.78, 5) is 13.7. The molecule has 0 N–H and O–H groups in total. The van der Waals surface area contributed by atoms with Crippen LogP contribution in [-0.4, -0.2) is 37.4 Å². The lowest BCUT2D eigenvalue weighted by atomic mass is 10.4. The topological polar surface area (TPSA) is 56.0 Å². The lowest BCUT2D eigenvalue weighted by Crippen LogP contribution is -2.30. The summed E-state index contributed by atoms with van der Waals surface area (Å²) >= 11 is 5.92. The average molecular weight is 296 g/mol. The molecule has 0 saturated carbocycles. The summed E-state index contributed by atoms with van der Waals surface area (Å²) in [5, 5.41) is 9.10. The maximum Gasteiger partial charge on any atom is 0.244 e. The lowest BCUT2D eigenvalue weighted by molar-refractivity contribution is -0.131. The van der Waals surface area contributed by atoms with E-state index in [1.54, 1.807) is 22.8 Å². The van der Waals surface area contributed by atoms with Crippen LogP contribution in [0.3, 0.4) is 0 Å². The molecule has 108 valence electrons. The Kier molecular flexibility index (Phi) is 4.44. The third kappa shape index (κ3) is 3.39. The van der Waals surface area contributed by atoms with Gasteiger partial charge >= 0.3 is 0 Å².